The molecule has 0 aliphatic rings. The zero-order chi connectivity index (χ0) is 19.0. The van der Waals surface area contributed by atoms with Crippen molar-refractivity contribution in [3.05, 3.63) is 66.1 Å². The van der Waals surface area contributed by atoms with Gasteiger partial charge in [-0.15, -0.1) is 5.10 Å². The van der Waals surface area contributed by atoms with Gasteiger partial charge in [-0.3, -0.25) is 9.48 Å². The summed E-state index contributed by atoms with van der Waals surface area (Å²) in [5.41, 5.74) is 4.71. The number of hydrogen-bond acceptors (Lipinski definition) is 4. The van der Waals surface area contributed by atoms with E-state index >= 15 is 0 Å². The largest absolute Gasteiger partial charge is 0.479 e. The zero-order valence-corrected chi connectivity index (χ0v) is 15.3. The molecule has 1 N–H and O–H groups in total. The van der Waals surface area contributed by atoms with Crippen molar-refractivity contribution in [2.24, 2.45) is 7.05 Å². The lowest BCUT2D eigenvalue weighted by molar-refractivity contribution is 0.102. The molecule has 136 valence electrons. The first-order valence-electron chi connectivity index (χ1n) is 8.49. The van der Waals surface area contributed by atoms with E-state index in [1.807, 2.05) is 60.1 Å². The molecule has 1 amide bonds. The van der Waals surface area contributed by atoms with Crippen LogP contribution in [0.5, 0.6) is 5.88 Å². The summed E-state index contributed by atoms with van der Waals surface area (Å²) in [7, 11) is 3.24. The van der Waals surface area contributed by atoms with Crippen LogP contribution in [0.15, 0.2) is 55.0 Å². The Kier molecular flexibility index (Phi) is 4.12. The van der Waals surface area contributed by atoms with Crippen LogP contribution < -0.4 is 10.1 Å². The van der Waals surface area contributed by atoms with Crippen LogP contribution in [0.2, 0.25) is 0 Å². The number of methoxy groups -OCH3 is 1. The molecule has 1 aromatic carbocycles. The van der Waals surface area contributed by atoms with Crippen molar-refractivity contribution in [2.45, 2.75) is 6.92 Å². The summed E-state index contributed by atoms with van der Waals surface area (Å²) in [5.74, 6) is 0.0272. The number of carbonyl (C=O) groups excluding carboxylic acids is 1. The Morgan fingerprint density at radius 2 is 2.04 bits per heavy atom. The summed E-state index contributed by atoms with van der Waals surface area (Å²) in [6.45, 7) is 1.95. The fourth-order valence-corrected chi connectivity index (χ4v) is 2.95. The van der Waals surface area contributed by atoms with Crippen molar-refractivity contribution in [3.8, 4) is 17.1 Å². The molecule has 7 heteroatoms. The predicted molar refractivity (Wildman–Crippen MR) is 103 cm³/mol. The minimum Gasteiger partial charge on any atom is -0.479 e. The lowest BCUT2D eigenvalue weighted by atomic mass is 10.1. The van der Waals surface area contributed by atoms with Crippen LogP contribution in [0.4, 0.5) is 5.69 Å². The number of fused-ring (bicyclic) bond motifs is 1. The number of imidazole rings is 1. The molecule has 3 aromatic heterocycles. The second kappa shape index (κ2) is 6.60. The molecule has 0 unspecified atom stereocenters. The van der Waals surface area contributed by atoms with Crippen molar-refractivity contribution < 1.29 is 9.53 Å². The summed E-state index contributed by atoms with van der Waals surface area (Å²) in [6, 6.07) is 11.8. The number of hydrogen-bond donors (Lipinski definition) is 1. The van der Waals surface area contributed by atoms with Crippen LogP contribution >= 0.6 is 0 Å². The van der Waals surface area contributed by atoms with Gasteiger partial charge in [-0.1, -0.05) is 18.2 Å². The third-order valence-corrected chi connectivity index (χ3v) is 4.38. The Bertz CT molecular complexity index is 1110. The molecule has 4 rings (SSSR count). The third-order valence-electron chi connectivity index (χ3n) is 4.38. The van der Waals surface area contributed by atoms with E-state index in [0.29, 0.717) is 11.4 Å². The van der Waals surface area contributed by atoms with Crippen molar-refractivity contribution in [1.29, 1.82) is 0 Å². The Morgan fingerprint density at radius 1 is 1.19 bits per heavy atom. The molecular formula is C20H19N5O2. The molecule has 27 heavy (non-hydrogen) atoms. The van der Waals surface area contributed by atoms with Gasteiger partial charge < -0.3 is 14.5 Å². The maximum Gasteiger partial charge on any atom is 0.262 e. The minimum atomic E-state index is -0.268. The fourth-order valence-electron chi connectivity index (χ4n) is 2.95. The van der Waals surface area contributed by atoms with Gasteiger partial charge in [0, 0.05) is 36.9 Å². The number of pyridine rings is 1. The molecule has 7 nitrogen and oxygen atoms in total. The number of nitrogens with one attached hydrogen (secondary N) is 1. The van der Waals surface area contributed by atoms with E-state index < -0.39 is 0 Å². The van der Waals surface area contributed by atoms with Crippen LogP contribution in [0.3, 0.4) is 0 Å². The van der Waals surface area contributed by atoms with Crippen molar-refractivity contribution in [1.82, 2.24) is 19.2 Å². The van der Waals surface area contributed by atoms with E-state index in [2.05, 4.69) is 15.4 Å². The number of aryl methyl sites for hydroxylation is 2. The summed E-state index contributed by atoms with van der Waals surface area (Å²) in [4.78, 5) is 17.3. The molecule has 0 radical (unpaired) electrons. The topological polar surface area (TPSA) is 73.5 Å². The van der Waals surface area contributed by atoms with Gasteiger partial charge in [0.25, 0.3) is 5.91 Å². The molecular weight excluding hydrogens is 342 g/mol. The van der Waals surface area contributed by atoms with E-state index in [9.17, 15) is 4.79 Å². The molecule has 0 bridgehead atoms. The molecule has 0 atom stereocenters. The standard InChI is InChI=1S/C20H19N5O2/c1-13-7-8-14(17-12-25-9-5-4-6-18(25)21-17)10-16(13)22-19(26)15-11-24(2)23-20(15)27-3/h4-12H,1-3H3,(H,22,26). The van der Waals surface area contributed by atoms with Crippen molar-refractivity contribution in [2.75, 3.05) is 12.4 Å². The van der Waals surface area contributed by atoms with Gasteiger partial charge in [-0.2, -0.15) is 0 Å². The SMILES string of the molecule is COc1nn(C)cc1C(=O)Nc1cc(-c2cn3ccccc3n2)ccc1C. The molecule has 0 fully saturated rings. The van der Waals surface area contributed by atoms with Gasteiger partial charge in [0.15, 0.2) is 0 Å². The van der Waals surface area contributed by atoms with Crippen LogP contribution in [0, 0.1) is 6.92 Å². The smallest absolute Gasteiger partial charge is 0.262 e. The van der Waals surface area contributed by atoms with Crippen molar-refractivity contribution in [3.63, 3.8) is 0 Å². The van der Waals surface area contributed by atoms with E-state index in [4.69, 9.17) is 4.74 Å². The van der Waals surface area contributed by atoms with Gasteiger partial charge in [0.2, 0.25) is 5.88 Å². The second-order valence-corrected chi connectivity index (χ2v) is 6.30. The molecule has 0 saturated heterocycles. The minimum absolute atomic E-state index is 0.268. The number of nitrogens with zero attached hydrogens (tertiary/aromatic N) is 4. The Hall–Kier alpha value is -3.61. The van der Waals surface area contributed by atoms with E-state index in [-0.39, 0.29) is 5.91 Å². The van der Waals surface area contributed by atoms with Gasteiger partial charge >= 0.3 is 0 Å². The zero-order valence-electron chi connectivity index (χ0n) is 15.3. The van der Waals surface area contributed by atoms with E-state index in [0.717, 1.165) is 28.2 Å². The van der Waals surface area contributed by atoms with Gasteiger partial charge in [-0.05, 0) is 30.7 Å². The lowest BCUT2D eigenvalue weighted by Gasteiger charge is -2.09. The highest BCUT2D eigenvalue weighted by atomic mass is 16.5. The normalized spacial score (nSPS) is 10.9. The first kappa shape index (κ1) is 16.8. The highest BCUT2D eigenvalue weighted by molar-refractivity contribution is 6.06. The molecule has 0 spiro atoms. The van der Waals surface area contributed by atoms with Crippen LogP contribution in [0.1, 0.15) is 15.9 Å². The number of carbonyl (C=O) groups is 1. The Labute approximate surface area is 156 Å². The Balaban J connectivity index is 1.67. The van der Waals surface area contributed by atoms with E-state index in [1.54, 1.807) is 17.9 Å². The van der Waals surface area contributed by atoms with E-state index in [1.165, 1.54) is 7.11 Å². The highest BCUT2D eigenvalue weighted by Gasteiger charge is 2.17. The summed E-state index contributed by atoms with van der Waals surface area (Å²) in [6.07, 6.45) is 5.56. The average Bonchev–Trinajstić information content (AvgIpc) is 3.26. The number of ether oxygens (including phenoxy) is 1. The number of aromatic nitrogens is 4. The molecule has 0 aliphatic carbocycles. The maximum absolute atomic E-state index is 12.7. The number of anilines is 1. The summed E-state index contributed by atoms with van der Waals surface area (Å²) >= 11 is 0. The molecule has 4 aromatic rings. The van der Waals surface area contributed by atoms with Crippen LogP contribution in [-0.2, 0) is 7.05 Å². The quantitative estimate of drug-likeness (QED) is 0.605. The fraction of sp³-hybridized carbons (Fsp3) is 0.150. The van der Waals surface area contributed by atoms with Crippen LogP contribution in [0.25, 0.3) is 16.9 Å². The number of benzene rings is 1. The highest BCUT2D eigenvalue weighted by Crippen LogP contribution is 2.26. The predicted octanol–water partition coefficient (Wildman–Crippen LogP) is 3.30. The molecule has 0 aliphatic heterocycles. The summed E-state index contributed by atoms with van der Waals surface area (Å²) in [5, 5.41) is 7.08. The van der Waals surface area contributed by atoms with Crippen molar-refractivity contribution >= 4 is 17.2 Å². The lowest BCUT2D eigenvalue weighted by Crippen LogP contribution is -2.13. The first-order valence-corrected chi connectivity index (χ1v) is 8.49. The molecule has 0 saturated carbocycles. The second-order valence-electron chi connectivity index (χ2n) is 6.30. The van der Waals surface area contributed by atoms with Gasteiger partial charge in [-0.25, -0.2) is 4.98 Å². The average molecular weight is 361 g/mol. The van der Waals surface area contributed by atoms with Gasteiger partial charge in [0.05, 0.1) is 12.8 Å². The third kappa shape index (κ3) is 3.15. The summed E-state index contributed by atoms with van der Waals surface area (Å²) < 4.78 is 8.69. The number of amides is 1. The monoisotopic (exact) mass is 361 g/mol. The number of rotatable bonds is 4. The maximum atomic E-state index is 12.7. The molecule has 3 heterocycles. The Morgan fingerprint density at radius 3 is 2.81 bits per heavy atom. The first-order chi connectivity index (χ1) is 13.0. The van der Waals surface area contributed by atoms with Gasteiger partial charge in [0.1, 0.15) is 11.2 Å². The van der Waals surface area contributed by atoms with Crippen LogP contribution in [-0.4, -0.2) is 32.2 Å².